The van der Waals surface area contributed by atoms with Gasteiger partial charge < -0.3 is 5.32 Å². The highest BCUT2D eigenvalue weighted by Crippen LogP contribution is 2.21. The normalized spacial score (nSPS) is 12.6. The van der Waals surface area contributed by atoms with Crippen LogP contribution >= 0.6 is 0 Å². The molecule has 0 aliphatic heterocycles. The molecule has 17 heavy (non-hydrogen) atoms. The standard InChI is InChI=1S/C16H27N/c1-4-6-7-8-12-16(17-3)15-11-9-10-14(5-2)13-15/h9-11,13,16-17H,4-8,12H2,1-3H3. The van der Waals surface area contributed by atoms with Crippen LogP contribution in [0.15, 0.2) is 24.3 Å². The maximum absolute atomic E-state index is 3.45. The minimum Gasteiger partial charge on any atom is -0.313 e. The summed E-state index contributed by atoms with van der Waals surface area (Å²) in [5, 5.41) is 3.45. The Kier molecular flexibility index (Phi) is 6.95. The fraction of sp³-hybridized carbons (Fsp3) is 0.625. The smallest absolute Gasteiger partial charge is 0.0317 e. The Labute approximate surface area is 107 Å². The molecule has 0 spiro atoms. The molecule has 1 unspecified atom stereocenters. The Morgan fingerprint density at radius 3 is 2.59 bits per heavy atom. The van der Waals surface area contributed by atoms with Gasteiger partial charge in [-0.2, -0.15) is 0 Å². The van der Waals surface area contributed by atoms with Gasteiger partial charge in [0.05, 0.1) is 0 Å². The van der Waals surface area contributed by atoms with Crippen molar-refractivity contribution >= 4 is 0 Å². The molecule has 0 amide bonds. The Hall–Kier alpha value is -0.820. The van der Waals surface area contributed by atoms with Crippen LogP contribution in [0, 0.1) is 0 Å². The van der Waals surface area contributed by atoms with Crippen LogP contribution in [0.2, 0.25) is 0 Å². The first-order valence-corrected chi connectivity index (χ1v) is 7.07. The lowest BCUT2D eigenvalue weighted by molar-refractivity contribution is 0.505. The SMILES string of the molecule is CCCCCCC(NC)c1cccc(CC)c1. The third-order valence-corrected chi connectivity index (χ3v) is 3.46. The Bertz CT molecular complexity index is 306. The number of benzene rings is 1. The first kappa shape index (κ1) is 14.2. The molecule has 96 valence electrons. The average molecular weight is 233 g/mol. The molecule has 0 aliphatic carbocycles. The highest BCUT2D eigenvalue weighted by atomic mass is 14.9. The topological polar surface area (TPSA) is 12.0 Å². The van der Waals surface area contributed by atoms with E-state index in [9.17, 15) is 0 Å². The van der Waals surface area contributed by atoms with Crippen molar-refractivity contribution in [3.63, 3.8) is 0 Å². The van der Waals surface area contributed by atoms with Gasteiger partial charge in [0.25, 0.3) is 0 Å². The third-order valence-electron chi connectivity index (χ3n) is 3.46. The number of rotatable bonds is 8. The molecular formula is C16H27N. The van der Waals surface area contributed by atoms with Gasteiger partial charge in [0.2, 0.25) is 0 Å². The first-order chi connectivity index (χ1) is 8.31. The summed E-state index contributed by atoms with van der Waals surface area (Å²) in [7, 11) is 2.07. The predicted octanol–water partition coefficient (Wildman–Crippen LogP) is 4.48. The average Bonchev–Trinajstić information content (AvgIpc) is 2.39. The van der Waals surface area contributed by atoms with Crippen LogP contribution in [-0.2, 0) is 6.42 Å². The Morgan fingerprint density at radius 1 is 1.12 bits per heavy atom. The van der Waals surface area contributed by atoms with E-state index in [4.69, 9.17) is 0 Å². The van der Waals surface area contributed by atoms with Crippen molar-refractivity contribution in [1.29, 1.82) is 0 Å². The van der Waals surface area contributed by atoms with Gasteiger partial charge in [-0.1, -0.05) is 63.8 Å². The van der Waals surface area contributed by atoms with Gasteiger partial charge in [0.1, 0.15) is 0 Å². The zero-order chi connectivity index (χ0) is 12.5. The van der Waals surface area contributed by atoms with Gasteiger partial charge in [-0.25, -0.2) is 0 Å². The summed E-state index contributed by atoms with van der Waals surface area (Å²) in [6.07, 6.45) is 7.75. The second-order valence-corrected chi connectivity index (χ2v) is 4.79. The third kappa shape index (κ3) is 4.91. The lowest BCUT2D eigenvalue weighted by Crippen LogP contribution is -2.16. The fourth-order valence-electron chi connectivity index (χ4n) is 2.28. The van der Waals surface area contributed by atoms with Gasteiger partial charge in [0, 0.05) is 6.04 Å². The van der Waals surface area contributed by atoms with E-state index in [1.165, 1.54) is 43.2 Å². The molecule has 1 aromatic rings. The minimum absolute atomic E-state index is 0.526. The summed E-state index contributed by atoms with van der Waals surface area (Å²) < 4.78 is 0. The predicted molar refractivity (Wildman–Crippen MR) is 76.4 cm³/mol. The van der Waals surface area contributed by atoms with E-state index in [1.807, 2.05) is 0 Å². The van der Waals surface area contributed by atoms with E-state index in [2.05, 4.69) is 50.5 Å². The van der Waals surface area contributed by atoms with E-state index in [0.29, 0.717) is 6.04 Å². The fourth-order valence-corrected chi connectivity index (χ4v) is 2.28. The Morgan fingerprint density at radius 2 is 1.94 bits per heavy atom. The van der Waals surface area contributed by atoms with Crippen molar-refractivity contribution in [3.8, 4) is 0 Å². The molecule has 1 atom stereocenters. The summed E-state index contributed by atoms with van der Waals surface area (Å²) >= 11 is 0. The van der Waals surface area contributed by atoms with Crippen molar-refractivity contribution in [2.75, 3.05) is 7.05 Å². The second kappa shape index (κ2) is 8.30. The number of hydrogen-bond donors (Lipinski definition) is 1. The highest BCUT2D eigenvalue weighted by molar-refractivity contribution is 5.26. The van der Waals surface area contributed by atoms with Crippen molar-refractivity contribution < 1.29 is 0 Å². The van der Waals surface area contributed by atoms with Crippen LogP contribution in [0.3, 0.4) is 0 Å². The van der Waals surface area contributed by atoms with Crippen molar-refractivity contribution in [3.05, 3.63) is 35.4 Å². The van der Waals surface area contributed by atoms with Crippen LogP contribution in [0.1, 0.15) is 63.1 Å². The van der Waals surface area contributed by atoms with Crippen LogP contribution in [0.4, 0.5) is 0 Å². The summed E-state index contributed by atoms with van der Waals surface area (Å²) in [5.74, 6) is 0. The molecule has 1 heteroatoms. The van der Waals surface area contributed by atoms with Crippen LogP contribution < -0.4 is 5.32 Å². The van der Waals surface area contributed by atoms with Gasteiger partial charge in [0.15, 0.2) is 0 Å². The summed E-state index contributed by atoms with van der Waals surface area (Å²) in [6.45, 7) is 4.48. The van der Waals surface area contributed by atoms with E-state index in [1.54, 1.807) is 0 Å². The molecule has 0 bridgehead atoms. The van der Waals surface area contributed by atoms with E-state index < -0.39 is 0 Å². The lowest BCUT2D eigenvalue weighted by Gasteiger charge is -2.17. The monoisotopic (exact) mass is 233 g/mol. The zero-order valence-corrected chi connectivity index (χ0v) is 11.6. The van der Waals surface area contributed by atoms with Crippen LogP contribution in [0.25, 0.3) is 0 Å². The van der Waals surface area contributed by atoms with Crippen molar-refractivity contribution in [2.45, 2.75) is 58.4 Å². The molecule has 0 saturated heterocycles. The van der Waals surface area contributed by atoms with E-state index in [-0.39, 0.29) is 0 Å². The molecule has 1 N–H and O–H groups in total. The number of aryl methyl sites for hydroxylation is 1. The van der Waals surface area contributed by atoms with Gasteiger partial charge in [-0.05, 0) is 31.0 Å². The molecule has 0 radical (unpaired) electrons. The maximum Gasteiger partial charge on any atom is 0.0317 e. The highest BCUT2D eigenvalue weighted by Gasteiger charge is 2.08. The van der Waals surface area contributed by atoms with Gasteiger partial charge in [-0.15, -0.1) is 0 Å². The molecule has 0 aliphatic rings. The van der Waals surface area contributed by atoms with E-state index in [0.717, 1.165) is 6.42 Å². The largest absolute Gasteiger partial charge is 0.313 e. The van der Waals surface area contributed by atoms with Crippen molar-refractivity contribution in [2.24, 2.45) is 0 Å². The molecule has 1 aromatic carbocycles. The molecule has 1 rings (SSSR count). The first-order valence-electron chi connectivity index (χ1n) is 7.07. The molecule has 0 fully saturated rings. The Balaban J connectivity index is 2.53. The number of hydrogen-bond acceptors (Lipinski definition) is 1. The molecular weight excluding hydrogens is 206 g/mol. The summed E-state index contributed by atoms with van der Waals surface area (Å²) in [4.78, 5) is 0. The molecule has 0 heterocycles. The van der Waals surface area contributed by atoms with Crippen LogP contribution in [-0.4, -0.2) is 7.05 Å². The molecule has 0 saturated carbocycles. The van der Waals surface area contributed by atoms with Crippen LogP contribution in [0.5, 0.6) is 0 Å². The molecule has 1 nitrogen and oxygen atoms in total. The van der Waals surface area contributed by atoms with Gasteiger partial charge in [-0.3, -0.25) is 0 Å². The number of unbranched alkanes of at least 4 members (excludes halogenated alkanes) is 3. The molecule has 0 aromatic heterocycles. The summed E-state index contributed by atoms with van der Waals surface area (Å²) in [6, 6.07) is 9.53. The minimum atomic E-state index is 0.526. The number of nitrogens with one attached hydrogen (secondary N) is 1. The zero-order valence-electron chi connectivity index (χ0n) is 11.6. The lowest BCUT2D eigenvalue weighted by atomic mass is 9.98. The maximum atomic E-state index is 3.45. The van der Waals surface area contributed by atoms with Crippen molar-refractivity contribution in [1.82, 2.24) is 5.32 Å². The van der Waals surface area contributed by atoms with E-state index >= 15 is 0 Å². The summed E-state index contributed by atoms with van der Waals surface area (Å²) in [5.41, 5.74) is 2.89. The quantitative estimate of drug-likeness (QED) is 0.653. The van der Waals surface area contributed by atoms with Gasteiger partial charge >= 0.3 is 0 Å². The second-order valence-electron chi connectivity index (χ2n) is 4.79.